The van der Waals surface area contributed by atoms with Crippen molar-refractivity contribution in [3.8, 4) is 0 Å². The maximum absolute atomic E-state index is 11.6. The lowest BCUT2D eigenvalue weighted by Gasteiger charge is -2.22. The second kappa shape index (κ2) is 5.66. The summed E-state index contributed by atoms with van der Waals surface area (Å²) < 4.78 is 21.3. The van der Waals surface area contributed by atoms with Crippen molar-refractivity contribution in [1.29, 1.82) is 0 Å². The number of carboxylic acids is 1. The monoisotopic (exact) mass is 278 g/mol. The third-order valence-electron chi connectivity index (χ3n) is 3.22. The van der Waals surface area contributed by atoms with Gasteiger partial charge >= 0.3 is 5.97 Å². The highest BCUT2D eigenvalue weighted by molar-refractivity contribution is 7.89. The Morgan fingerprint density at radius 1 is 1.28 bits per heavy atom. The number of carboxylic acid groups (broad SMARTS) is 1. The van der Waals surface area contributed by atoms with Gasteiger partial charge in [0, 0.05) is 13.0 Å². The molecule has 1 fully saturated rings. The predicted octanol–water partition coefficient (Wildman–Crippen LogP) is -0.574. The Hall–Kier alpha value is -1.15. The Labute approximate surface area is 106 Å². The molecule has 7 nitrogen and oxygen atoms in total. The summed E-state index contributed by atoms with van der Waals surface area (Å²) in [4.78, 5) is 22.8. The number of amides is 1. The minimum absolute atomic E-state index is 0.0899. The van der Waals surface area contributed by atoms with Crippen LogP contribution in [0.15, 0.2) is 0 Å². The lowest BCUT2D eigenvalue weighted by molar-refractivity contribution is -0.151. The van der Waals surface area contributed by atoms with Crippen LogP contribution in [0.4, 0.5) is 0 Å². The number of nitrogens with one attached hydrogen (secondary N) is 1. The van der Waals surface area contributed by atoms with Gasteiger partial charge in [-0.25, -0.2) is 13.6 Å². The molecule has 1 aliphatic carbocycles. The standard InChI is InChI=1S/C10H18N2O5S/c11-18(16,17)6-5-12-8(13)7-10(9(14)15)3-1-2-4-10/h1-7H2,(H,12,13)(H,14,15)(H2,11,16,17). The van der Waals surface area contributed by atoms with E-state index in [-0.39, 0.29) is 18.7 Å². The molecule has 1 amide bonds. The summed E-state index contributed by atoms with van der Waals surface area (Å²) in [5.41, 5.74) is -0.980. The highest BCUT2D eigenvalue weighted by Gasteiger charge is 2.42. The summed E-state index contributed by atoms with van der Waals surface area (Å²) in [5, 5.41) is 16.3. The minimum atomic E-state index is -3.61. The summed E-state index contributed by atoms with van der Waals surface area (Å²) in [6.45, 7) is -0.0899. The van der Waals surface area contributed by atoms with Crippen LogP contribution in [-0.4, -0.2) is 37.7 Å². The van der Waals surface area contributed by atoms with E-state index >= 15 is 0 Å². The maximum atomic E-state index is 11.6. The van der Waals surface area contributed by atoms with Crippen LogP contribution >= 0.6 is 0 Å². The van der Waals surface area contributed by atoms with Crippen molar-refractivity contribution in [2.45, 2.75) is 32.1 Å². The van der Waals surface area contributed by atoms with E-state index in [0.29, 0.717) is 12.8 Å². The SMILES string of the molecule is NS(=O)(=O)CCNC(=O)CC1(C(=O)O)CCCC1. The first kappa shape index (κ1) is 14.9. The largest absolute Gasteiger partial charge is 0.481 e. The quantitative estimate of drug-likeness (QED) is 0.599. The van der Waals surface area contributed by atoms with Crippen molar-refractivity contribution in [2.24, 2.45) is 10.6 Å². The van der Waals surface area contributed by atoms with Crippen LogP contribution in [0.1, 0.15) is 32.1 Å². The van der Waals surface area contributed by atoms with E-state index < -0.39 is 27.3 Å². The number of carbonyl (C=O) groups is 2. The van der Waals surface area contributed by atoms with Crippen LogP contribution in [-0.2, 0) is 19.6 Å². The molecule has 1 saturated carbocycles. The van der Waals surface area contributed by atoms with Gasteiger partial charge in [-0.3, -0.25) is 9.59 Å². The van der Waals surface area contributed by atoms with Gasteiger partial charge in [0.15, 0.2) is 0 Å². The second-order valence-electron chi connectivity index (χ2n) is 4.69. The maximum Gasteiger partial charge on any atom is 0.310 e. The zero-order valence-electron chi connectivity index (χ0n) is 10.0. The van der Waals surface area contributed by atoms with Crippen molar-refractivity contribution in [1.82, 2.24) is 5.32 Å². The highest BCUT2D eigenvalue weighted by atomic mass is 32.2. The summed E-state index contributed by atoms with van der Waals surface area (Å²) >= 11 is 0. The van der Waals surface area contributed by atoms with Crippen molar-refractivity contribution in [2.75, 3.05) is 12.3 Å². The van der Waals surface area contributed by atoms with Crippen LogP contribution in [0.5, 0.6) is 0 Å². The number of hydrogen-bond acceptors (Lipinski definition) is 4. The van der Waals surface area contributed by atoms with E-state index in [9.17, 15) is 23.1 Å². The molecule has 0 saturated heterocycles. The van der Waals surface area contributed by atoms with Crippen LogP contribution in [0.25, 0.3) is 0 Å². The lowest BCUT2D eigenvalue weighted by Crippen LogP contribution is -2.37. The molecule has 8 heteroatoms. The van der Waals surface area contributed by atoms with Crippen molar-refractivity contribution in [3.05, 3.63) is 0 Å². The molecule has 4 N–H and O–H groups in total. The summed E-state index contributed by atoms with van der Waals surface area (Å²) in [6.07, 6.45) is 2.48. The first-order valence-corrected chi connectivity index (χ1v) is 7.47. The average Bonchev–Trinajstić information content (AvgIpc) is 2.65. The van der Waals surface area contributed by atoms with Crippen molar-refractivity contribution >= 4 is 21.9 Å². The number of carbonyl (C=O) groups excluding carboxylic acids is 1. The number of hydrogen-bond donors (Lipinski definition) is 3. The third kappa shape index (κ3) is 4.26. The third-order valence-corrected chi connectivity index (χ3v) is 4.00. The fraction of sp³-hybridized carbons (Fsp3) is 0.800. The summed E-state index contributed by atoms with van der Waals surface area (Å²) in [7, 11) is -3.61. The lowest BCUT2D eigenvalue weighted by atomic mass is 9.82. The Morgan fingerprint density at radius 2 is 1.83 bits per heavy atom. The Bertz CT molecular complexity index is 426. The summed E-state index contributed by atoms with van der Waals surface area (Å²) in [5.74, 6) is -1.75. The molecule has 0 spiro atoms. The van der Waals surface area contributed by atoms with Gasteiger partial charge in [0.2, 0.25) is 15.9 Å². The molecular weight excluding hydrogens is 260 g/mol. The fourth-order valence-corrected chi connectivity index (χ4v) is 2.61. The number of sulfonamides is 1. The molecule has 0 aliphatic heterocycles. The van der Waals surface area contributed by atoms with Crippen molar-refractivity contribution < 1.29 is 23.1 Å². The molecule has 0 aromatic heterocycles. The van der Waals surface area contributed by atoms with Gasteiger partial charge in [0.25, 0.3) is 0 Å². The van der Waals surface area contributed by atoms with Gasteiger partial charge < -0.3 is 10.4 Å². The second-order valence-corrected chi connectivity index (χ2v) is 6.42. The molecular formula is C10H18N2O5S. The molecule has 0 aromatic rings. The molecule has 18 heavy (non-hydrogen) atoms. The van der Waals surface area contributed by atoms with E-state index in [2.05, 4.69) is 5.32 Å². The Kier molecular flexibility index (Phi) is 4.69. The zero-order chi connectivity index (χ0) is 13.8. The molecule has 0 atom stereocenters. The van der Waals surface area contributed by atoms with E-state index in [1.807, 2.05) is 0 Å². The van der Waals surface area contributed by atoms with Gasteiger partial charge in [-0.15, -0.1) is 0 Å². The number of aliphatic carboxylic acids is 1. The minimum Gasteiger partial charge on any atom is -0.481 e. The molecule has 0 radical (unpaired) electrons. The van der Waals surface area contributed by atoms with E-state index in [4.69, 9.17) is 5.14 Å². The normalized spacial score (nSPS) is 18.5. The smallest absolute Gasteiger partial charge is 0.310 e. The van der Waals surface area contributed by atoms with Gasteiger partial charge in [-0.05, 0) is 12.8 Å². The number of primary sulfonamides is 1. The van der Waals surface area contributed by atoms with Gasteiger partial charge in [0.05, 0.1) is 11.2 Å². The number of rotatable bonds is 6. The fourth-order valence-electron chi connectivity index (χ4n) is 2.22. The molecule has 0 unspecified atom stereocenters. The first-order valence-electron chi connectivity index (χ1n) is 5.76. The van der Waals surface area contributed by atoms with E-state index in [1.165, 1.54) is 0 Å². The highest BCUT2D eigenvalue weighted by Crippen LogP contribution is 2.41. The van der Waals surface area contributed by atoms with Crippen LogP contribution in [0.2, 0.25) is 0 Å². The summed E-state index contributed by atoms with van der Waals surface area (Å²) in [6, 6.07) is 0. The molecule has 0 bridgehead atoms. The van der Waals surface area contributed by atoms with Crippen LogP contribution < -0.4 is 10.5 Å². The van der Waals surface area contributed by atoms with E-state index in [0.717, 1.165) is 12.8 Å². The van der Waals surface area contributed by atoms with Crippen LogP contribution in [0, 0.1) is 5.41 Å². The molecule has 1 rings (SSSR count). The first-order chi connectivity index (χ1) is 8.25. The number of nitrogens with two attached hydrogens (primary N) is 1. The average molecular weight is 278 g/mol. The zero-order valence-corrected chi connectivity index (χ0v) is 10.8. The molecule has 0 aromatic carbocycles. The topological polar surface area (TPSA) is 127 Å². The van der Waals surface area contributed by atoms with Crippen LogP contribution in [0.3, 0.4) is 0 Å². The van der Waals surface area contributed by atoms with Crippen molar-refractivity contribution in [3.63, 3.8) is 0 Å². The van der Waals surface area contributed by atoms with Gasteiger partial charge in [-0.2, -0.15) is 0 Å². The van der Waals surface area contributed by atoms with E-state index in [1.54, 1.807) is 0 Å². The molecule has 0 heterocycles. The molecule has 104 valence electrons. The Balaban J connectivity index is 2.46. The molecule has 1 aliphatic rings. The van der Waals surface area contributed by atoms with Gasteiger partial charge in [0.1, 0.15) is 0 Å². The predicted molar refractivity (Wildman–Crippen MR) is 64.1 cm³/mol. The van der Waals surface area contributed by atoms with Gasteiger partial charge in [-0.1, -0.05) is 12.8 Å². The Morgan fingerprint density at radius 3 is 2.28 bits per heavy atom.